The molecule has 0 fully saturated rings. The van der Waals surface area contributed by atoms with Gasteiger partial charge in [-0.25, -0.2) is 8.78 Å². The van der Waals surface area contributed by atoms with Gasteiger partial charge in [-0.3, -0.25) is 0 Å². The highest BCUT2D eigenvalue weighted by atomic mass is 19.3. The lowest BCUT2D eigenvalue weighted by atomic mass is 10.0. The Kier molecular flexibility index (Phi) is 4.63. The van der Waals surface area contributed by atoms with Crippen LogP contribution in [0.3, 0.4) is 0 Å². The number of nitrogens with one attached hydrogen (secondary N) is 1. The molecule has 0 bridgehead atoms. The predicted molar refractivity (Wildman–Crippen MR) is 74.3 cm³/mol. The topological polar surface area (TPSA) is 12.0 Å². The zero-order valence-corrected chi connectivity index (χ0v) is 10.8. The SMILES string of the molecule is CC(NCC(F)F)c1ccc(-c2ccccc2)cc1. The molecule has 0 aliphatic heterocycles. The van der Waals surface area contributed by atoms with E-state index < -0.39 is 6.43 Å². The Bertz CT molecular complexity index is 494. The molecule has 1 unspecified atom stereocenters. The summed E-state index contributed by atoms with van der Waals surface area (Å²) in [7, 11) is 0. The molecular weight excluding hydrogens is 244 g/mol. The van der Waals surface area contributed by atoms with Crippen molar-refractivity contribution in [2.45, 2.75) is 19.4 Å². The third-order valence-electron chi connectivity index (χ3n) is 3.10. The van der Waals surface area contributed by atoms with Crippen molar-refractivity contribution >= 4 is 0 Å². The average Bonchev–Trinajstić information content (AvgIpc) is 2.46. The fraction of sp³-hybridized carbons (Fsp3) is 0.250. The van der Waals surface area contributed by atoms with Gasteiger partial charge in [0.05, 0.1) is 6.54 Å². The molecule has 0 spiro atoms. The van der Waals surface area contributed by atoms with E-state index in [-0.39, 0.29) is 12.6 Å². The summed E-state index contributed by atoms with van der Waals surface area (Å²) < 4.78 is 24.3. The lowest BCUT2D eigenvalue weighted by Gasteiger charge is -2.14. The first-order chi connectivity index (χ1) is 9.16. The van der Waals surface area contributed by atoms with Crippen LogP contribution in [0.1, 0.15) is 18.5 Å². The third kappa shape index (κ3) is 3.86. The van der Waals surface area contributed by atoms with Crippen LogP contribution >= 0.6 is 0 Å². The molecule has 1 N–H and O–H groups in total. The molecular formula is C16H17F2N. The van der Waals surface area contributed by atoms with E-state index in [1.165, 1.54) is 0 Å². The van der Waals surface area contributed by atoms with Crippen LogP contribution in [0, 0.1) is 0 Å². The van der Waals surface area contributed by atoms with Gasteiger partial charge in [-0.05, 0) is 23.6 Å². The summed E-state index contributed by atoms with van der Waals surface area (Å²) in [6.45, 7) is 1.61. The monoisotopic (exact) mass is 261 g/mol. The zero-order valence-electron chi connectivity index (χ0n) is 10.8. The summed E-state index contributed by atoms with van der Waals surface area (Å²) in [5.41, 5.74) is 3.30. The largest absolute Gasteiger partial charge is 0.305 e. The maximum atomic E-state index is 12.1. The van der Waals surface area contributed by atoms with E-state index in [2.05, 4.69) is 5.32 Å². The van der Waals surface area contributed by atoms with Crippen LogP contribution in [0.15, 0.2) is 54.6 Å². The van der Waals surface area contributed by atoms with E-state index in [9.17, 15) is 8.78 Å². The van der Waals surface area contributed by atoms with Crippen LogP contribution in [-0.2, 0) is 0 Å². The van der Waals surface area contributed by atoms with Gasteiger partial charge in [0.15, 0.2) is 0 Å². The number of hydrogen-bond donors (Lipinski definition) is 1. The molecule has 2 aromatic carbocycles. The van der Waals surface area contributed by atoms with Crippen LogP contribution < -0.4 is 5.32 Å². The minimum Gasteiger partial charge on any atom is -0.305 e. The summed E-state index contributed by atoms with van der Waals surface area (Å²) in [5.74, 6) is 0. The van der Waals surface area contributed by atoms with Gasteiger partial charge in [0, 0.05) is 6.04 Å². The Morgan fingerprint density at radius 3 is 2.05 bits per heavy atom. The molecule has 0 aromatic heterocycles. The maximum absolute atomic E-state index is 12.1. The van der Waals surface area contributed by atoms with Crippen molar-refractivity contribution in [3.8, 4) is 11.1 Å². The van der Waals surface area contributed by atoms with E-state index in [1.807, 2.05) is 61.5 Å². The van der Waals surface area contributed by atoms with Crippen molar-refractivity contribution in [2.24, 2.45) is 0 Å². The summed E-state index contributed by atoms with van der Waals surface area (Å²) in [5, 5.41) is 2.81. The van der Waals surface area contributed by atoms with Crippen molar-refractivity contribution in [1.82, 2.24) is 5.32 Å². The highest BCUT2D eigenvalue weighted by molar-refractivity contribution is 5.63. The molecule has 19 heavy (non-hydrogen) atoms. The minimum atomic E-state index is -2.31. The first-order valence-corrected chi connectivity index (χ1v) is 6.33. The van der Waals surface area contributed by atoms with E-state index in [0.29, 0.717) is 0 Å². The fourth-order valence-corrected chi connectivity index (χ4v) is 1.98. The maximum Gasteiger partial charge on any atom is 0.250 e. The third-order valence-corrected chi connectivity index (χ3v) is 3.10. The molecule has 0 saturated heterocycles. The van der Waals surface area contributed by atoms with Crippen LogP contribution in [0.4, 0.5) is 8.78 Å². The Balaban J connectivity index is 2.06. The van der Waals surface area contributed by atoms with E-state index in [1.54, 1.807) is 0 Å². The number of halogens is 2. The Morgan fingerprint density at radius 2 is 1.47 bits per heavy atom. The molecule has 1 nitrogen and oxygen atoms in total. The second-order valence-electron chi connectivity index (χ2n) is 4.51. The van der Waals surface area contributed by atoms with Crippen molar-refractivity contribution in [3.05, 3.63) is 60.2 Å². The Hall–Kier alpha value is -1.74. The Labute approximate surface area is 112 Å². The van der Waals surface area contributed by atoms with E-state index in [0.717, 1.165) is 16.7 Å². The van der Waals surface area contributed by atoms with E-state index in [4.69, 9.17) is 0 Å². The number of rotatable bonds is 5. The molecule has 100 valence electrons. The van der Waals surface area contributed by atoms with Gasteiger partial charge in [0.1, 0.15) is 0 Å². The first kappa shape index (κ1) is 13.7. The van der Waals surface area contributed by atoms with Crippen LogP contribution in [-0.4, -0.2) is 13.0 Å². The molecule has 1 atom stereocenters. The molecule has 2 aromatic rings. The second-order valence-corrected chi connectivity index (χ2v) is 4.51. The Morgan fingerprint density at radius 1 is 0.895 bits per heavy atom. The molecule has 0 amide bonds. The van der Waals surface area contributed by atoms with E-state index >= 15 is 0 Å². The van der Waals surface area contributed by atoms with Crippen molar-refractivity contribution in [1.29, 1.82) is 0 Å². The van der Waals surface area contributed by atoms with Gasteiger partial charge in [0.25, 0.3) is 6.43 Å². The number of benzene rings is 2. The molecule has 3 heteroatoms. The predicted octanol–water partition coefficient (Wildman–Crippen LogP) is 4.27. The lowest BCUT2D eigenvalue weighted by molar-refractivity contribution is 0.142. The van der Waals surface area contributed by atoms with Gasteiger partial charge in [0.2, 0.25) is 0 Å². The van der Waals surface area contributed by atoms with Gasteiger partial charge in [-0.1, -0.05) is 54.6 Å². The quantitative estimate of drug-likeness (QED) is 0.847. The average molecular weight is 261 g/mol. The number of hydrogen-bond acceptors (Lipinski definition) is 1. The van der Waals surface area contributed by atoms with Crippen molar-refractivity contribution in [3.63, 3.8) is 0 Å². The molecule has 0 saturated carbocycles. The summed E-state index contributed by atoms with van der Waals surface area (Å²) in [4.78, 5) is 0. The summed E-state index contributed by atoms with van der Waals surface area (Å²) in [6.07, 6.45) is -2.31. The first-order valence-electron chi connectivity index (χ1n) is 6.33. The number of alkyl halides is 2. The molecule has 0 aliphatic rings. The lowest BCUT2D eigenvalue weighted by Crippen LogP contribution is -2.24. The molecule has 0 heterocycles. The summed E-state index contributed by atoms with van der Waals surface area (Å²) in [6, 6.07) is 18.0. The van der Waals surface area contributed by atoms with Crippen LogP contribution in [0.2, 0.25) is 0 Å². The smallest absolute Gasteiger partial charge is 0.250 e. The van der Waals surface area contributed by atoms with Gasteiger partial charge < -0.3 is 5.32 Å². The molecule has 2 rings (SSSR count). The standard InChI is InChI=1S/C16H17F2N/c1-12(19-11-16(17)18)13-7-9-15(10-8-13)14-5-3-2-4-6-14/h2-10,12,16,19H,11H2,1H3. The highest BCUT2D eigenvalue weighted by Crippen LogP contribution is 2.21. The summed E-state index contributed by atoms with van der Waals surface area (Å²) >= 11 is 0. The minimum absolute atomic E-state index is 0.0705. The van der Waals surface area contributed by atoms with Crippen LogP contribution in [0.25, 0.3) is 11.1 Å². The van der Waals surface area contributed by atoms with Crippen molar-refractivity contribution < 1.29 is 8.78 Å². The normalized spacial score (nSPS) is 12.6. The van der Waals surface area contributed by atoms with Crippen molar-refractivity contribution in [2.75, 3.05) is 6.54 Å². The fourth-order valence-electron chi connectivity index (χ4n) is 1.98. The van der Waals surface area contributed by atoms with Gasteiger partial charge >= 0.3 is 0 Å². The second kappa shape index (κ2) is 6.43. The molecule has 0 aliphatic carbocycles. The van der Waals surface area contributed by atoms with Gasteiger partial charge in [-0.2, -0.15) is 0 Å². The molecule has 0 radical (unpaired) electrons. The van der Waals surface area contributed by atoms with Gasteiger partial charge in [-0.15, -0.1) is 0 Å². The van der Waals surface area contributed by atoms with Crippen LogP contribution in [0.5, 0.6) is 0 Å². The zero-order chi connectivity index (χ0) is 13.7. The highest BCUT2D eigenvalue weighted by Gasteiger charge is 2.08.